The molecule has 0 N–H and O–H groups in total. The van der Waals surface area contributed by atoms with Crippen LogP contribution in [0.5, 0.6) is 11.6 Å². The van der Waals surface area contributed by atoms with Gasteiger partial charge in [0.2, 0.25) is 23.2 Å². The van der Waals surface area contributed by atoms with Gasteiger partial charge in [0.1, 0.15) is 5.75 Å². The highest BCUT2D eigenvalue weighted by Gasteiger charge is 2.35. The second kappa shape index (κ2) is 8.93. The van der Waals surface area contributed by atoms with Crippen molar-refractivity contribution in [3.8, 4) is 22.9 Å². The van der Waals surface area contributed by atoms with Crippen molar-refractivity contribution < 1.29 is 14.3 Å². The third kappa shape index (κ3) is 4.20. The van der Waals surface area contributed by atoms with Crippen molar-refractivity contribution in [2.45, 2.75) is 32.2 Å². The molecule has 0 aliphatic carbocycles. The first-order valence-electron chi connectivity index (χ1n) is 10.1. The number of rotatable bonds is 5. The lowest BCUT2D eigenvalue weighted by Gasteiger charge is -2.30. The Morgan fingerprint density at radius 2 is 1.90 bits per heavy atom. The van der Waals surface area contributed by atoms with Crippen LogP contribution in [0.25, 0.3) is 11.3 Å². The Kier molecular flexibility index (Phi) is 6.08. The maximum atomic E-state index is 12.8. The smallest absolute Gasteiger partial charge is 0.247 e. The third-order valence-corrected chi connectivity index (χ3v) is 6.07. The van der Waals surface area contributed by atoms with E-state index in [4.69, 9.17) is 9.47 Å². The van der Waals surface area contributed by atoms with Gasteiger partial charge in [-0.1, -0.05) is 55.9 Å². The normalized spacial score (nSPS) is 15.0. The van der Waals surface area contributed by atoms with Crippen LogP contribution in [0.4, 0.5) is 5.69 Å². The number of methoxy groups -OCH3 is 1. The van der Waals surface area contributed by atoms with Gasteiger partial charge in [-0.2, -0.15) is 4.98 Å². The Balaban J connectivity index is 1.90. The zero-order valence-electron chi connectivity index (χ0n) is 17.9. The molecule has 2 aromatic carbocycles. The SMILES string of the molecule is COc1ccccc1[C@H]1Oc2nc(SCC(C)C)nnc2-c2ccccc2N1C(C)=O. The van der Waals surface area contributed by atoms with Crippen molar-refractivity contribution in [1.29, 1.82) is 0 Å². The molecule has 8 heteroatoms. The number of carbonyl (C=O) groups is 1. The summed E-state index contributed by atoms with van der Waals surface area (Å²) in [5.41, 5.74) is 2.65. The largest absolute Gasteiger partial charge is 0.496 e. The average molecular weight is 437 g/mol. The van der Waals surface area contributed by atoms with Crippen molar-refractivity contribution in [1.82, 2.24) is 15.2 Å². The van der Waals surface area contributed by atoms with Crippen molar-refractivity contribution in [2.75, 3.05) is 17.8 Å². The van der Waals surface area contributed by atoms with Gasteiger partial charge in [-0.15, -0.1) is 10.2 Å². The van der Waals surface area contributed by atoms with Gasteiger partial charge < -0.3 is 9.47 Å². The Bertz CT molecular complexity index is 1110. The lowest BCUT2D eigenvalue weighted by Crippen LogP contribution is -2.36. The fraction of sp³-hybridized carbons (Fsp3) is 0.304. The van der Waals surface area contributed by atoms with Crippen LogP contribution in [0.15, 0.2) is 53.7 Å². The van der Waals surface area contributed by atoms with Gasteiger partial charge in [-0.3, -0.25) is 9.69 Å². The van der Waals surface area contributed by atoms with Crippen LogP contribution in [0, 0.1) is 5.92 Å². The van der Waals surface area contributed by atoms with Crippen LogP contribution in [0.3, 0.4) is 0 Å². The van der Waals surface area contributed by atoms with Crippen LogP contribution in [0.2, 0.25) is 0 Å². The number of carbonyl (C=O) groups excluding carboxylic acids is 1. The van der Waals surface area contributed by atoms with E-state index in [2.05, 4.69) is 29.0 Å². The highest BCUT2D eigenvalue weighted by atomic mass is 32.2. The Hall–Kier alpha value is -3.13. The second-order valence-electron chi connectivity index (χ2n) is 7.57. The molecule has 7 nitrogen and oxygen atoms in total. The maximum absolute atomic E-state index is 12.8. The molecular weight excluding hydrogens is 412 g/mol. The molecule has 4 rings (SSSR count). The molecule has 0 bridgehead atoms. The lowest BCUT2D eigenvalue weighted by atomic mass is 10.1. The first-order chi connectivity index (χ1) is 15.0. The molecule has 0 saturated heterocycles. The summed E-state index contributed by atoms with van der Waals surface area (Å²) in [4.78, 5) is 19.1. The highest BCUT2D eigenvalue weighted by Crippen LogP contribution is 2.44. The van der Waals surface area contributed by atoms with E-state index in [1.807, 2.05) is 48.5 Å². The van der Waals surface area contributed by atoms with E-state index in [0.29, 0.717) is 34.1 Å². The zero-order chi connectivity index (χ0) is 22.0. The summed E-state index contributed by atoms with van der Waals surface area (Å²) >= 11 is 1.53. The predicted molar refractivity (Wildman–Crippen MR) is 120 cm³/mol. The number of nitrogens with zero attached hydrogens (tertiary/aromatic N) is 4. The van der Waals surface area contributed by atoms with Crippen LogP contribution in [-0.2, 0) is 4.79 Å². The van der Waals surface area contributed by atoms with Crippen molar-refractivity contribution in [3.63, 3.8) is 0 Å². The number of benzene rings is 2. The minimum atomic E-state index is -0.768. The molecule has 0 saturated carbocycles. The number of para-hydroxylation sites is 2. The van der Waals surface area contributed by atoms with Gasteiger partial charge in [0, 0.05) is 18.2 Å². The van der Waals surface area contributed by atoms with Gasteiger partial charge in [0.15, 0.2) is 5.69 Å². The molecule has 3 aromatic rings. The maximum Gasteiger partial charge on any atom is 0.247 e. The number of fused-ring (bicyclic) bond motifs is 3. The summed E-state index contributed by atoms with van der Waals surface area (Å²) in [5.74, 6) is 2.15. The number of hydrogen-bond donors (Lipinski definition) is 0. The molecule has 1 amide bonds. The molecule has 0 unspecified atom stereocenters. The fourth-order valence-electron chi connectivity index (χ4n) is 3.43. The topological polar surface area (TPSA) is 77.4 Å². The Morgan fingerprint density at radius 3 is 2.65 bits per heavy atom. The van der Waals surface area contributed by atoms with Gasteiger partial charge in [-0.25, -0.2) is 0 Å². The van der Waals surface area contributed by atoms with E-state index in [1.54, 1.807) is 12.0 Å². The Morgan fingerprint density at radius 1 is 1.16 bits per heavy atom. The number of ether oxygens (including phenoxy) is 2. The number of anilines is 1. The molecular formula is C23H24N4O3S. The third-order valence-electron chi connectivity index (χ3n) is 4.80. The summed E-state index contributed by atoms with van der Waals surface area (Å²) in [5, 5.41) is 9.28. The monoisotopic (exact) mass is 436 g/mol. The molecule has 1 aromatic heterocycles. The summed E-state index contributed by atoms with van der Waals surface area (Å²) in [6.07, 6.45) is -0.768. The predicted octanol–water partition coefficient (Wildman–Crippen LogP) is 4.74. The van der Waals surface area contributed by atoms with E-state index in [1.165, 1.54) is 18.7 Å². The molecule has 1 aliphatic heterocycles. The van der Waals surface area contributed by atoms with Crippen LogP contribution in [0.1, 0.15) is 32.6 Å². The molecule has 0 fully saturated rings. The highest BCUT2D eigenvalue weighted by molar-refractivity contribution is 7.99. The first kappa shape index (κ1) is 21.1. The number of amides is 1. The number of aromatic nitrogens is 3. The number of hydrogen-bond acceptors (Lipinski definition) is 7. The van der Waals surface area contributed by atoms with Gasteiger partial charge in [0.05, 0.1) is 18.4 Å². The average Bonchev–Trinajstić information content (AvgIpc) is 2.91. The van der Waals surface area contributed by atoms with E-state index in [0.717, 1.165) is 16.9 Å². The zero-order valence-corrected chi connectivity index (χ0v) is 18.7. The van der Waals surface area contributed by atoms with Gasteiger partial charge in [-0.05, 0) is 24.1 Å². The summed E-state index contributed by atoms with van der Waals surface area (Å²) in [7, 11) is 1.60. The minimum Gasteiger partial charge on any atom is -0.496 e. The van der Waals surface area contributed by atoms with Crippen LogP contribution < -0.4 is 14.4 Å². The molecule has 0 spiro atoms. The van der Waals surface area contributed by atoms with E-state index < -0.39 is 6.23 Å². The molecule has 160 valence electrons. The summed E-state index contributed by atoms with van der Waals surface area (Å²) < 4.78 is 11.9. The summed E-state index contributed by atoms with van der Waals surface area (Å²) in [6.45, 7) is 5.79. The van der Waals surface area contributed by atoms with Gasteiger partial charge >= 0.3 is 0 Å². The minimum absolute atomic E-state index is 0.168. The van der Waals surface area contributed by atoms with Crippen LogP contribution >= 0.6 is 11.8 Å². The summed E-state index contributed by atoms with van der Waals surface area (Å²) in [6, 6.07) is 15.0. The molecule has 1 atom stereocenters. The van der Waals surface area contributed by atoms with Crippen molar-refractivity contribution in [2.24, 2.45) is 5.92 Å². The molecule has 1 aliphatic rings. The fourth-order valence-corrected chi connectivity index (χ4v) is 4.16. The number of thioether (sulfide) groups is 1. The van der Waals surface area contributed by atoms with E-state index in [-0.39, 0.29) is 5.91 Å². The first-order valence-corrected chi connectivity index (χ1v) is 11.0. The van der Waals surface area contributed by atoms with Crippen molar-refractivity contribution >= 4 is 23.4 Å². The van der Waals surface area contributed by atoms with Gasteiger partial charge in [0.25, 0.3) is 0 Å². The van der Waals surface area contributed by atoms with E-state index >= 15 is 0 Å². The van der Waals surface area contributed by atoms with Crippen LogP contribution in [-0.4, -0.2) is 34.0 Å². The molecule has 31 heavy (non-hydrogen) atoms. The molecule has 0 radical (unpaired) electrons. The molecule has 2 heterocycles. The standard InChI is InChI=1S/C23H24N4O3S/c1-14(2)13-31-23-24-21-20(25-26-23)16-9-5-7-11-18(16)27(15(3)28)22(30-21)17-10-6-8-12-19(17)29-4/h5-12,14,22H,13H2,1-4H3/t22-/m1/s1. The van der Waals surface area contributed by atoms with E-state index in [9.17, 15) is 4.79 Å². The van der Waals surface area contributed by atoms with Crippen molar-refractivity contribution in [3.05, 3.63) is 54.1 Å². The lowest BCUT2D eigenvalue weighted by molar-refractivity contribution is -0.118. The quantitative estimate of drug-likeness (QED) is 0.535. The second-order valence-corrected chi connectivity index (χ2v) is 8.56. The Labute approximate surface area is 185 Å².